The first kappa shape index (κ1) is 11.8. The summed E-state index contributed by atoms with van der Waals surface area (Å²) in [4.78, 5) is 20.0. The summed E-state index contributed by atoms with van der Waals surface area (Å²) in [6.07, 6.45) is 3.92. The first-order valence-corrected chi connectivity index (χ1v) is 5.63. The standard InChI is InChI=1S/C11H16N4O2/c1-7-8(3-4-17-7)15-11(16)9-5-13-6-10(12-2)14-9/h5-8H,3-4H2,1-2H3,(H,12,14)(H,15,16). The monoisotopic (exact) mass is 236 g/mol. The van der Waals surface area contributed by atoms with Gasteiger partial charge in [-0.1, -0.05) is 0 Å². The maximum atomic E-state index is 11.9. The van der Waals surface area contributed by atoms with Gasteiger partial charge in [0.2, 0.25) is 0 Å². The molecule has 0 radical (unpaired) electrons. The second kappa shape index (κ2) is 5.09. The minimum absolute atomic E-state index is 0.0550. The number of ether oxygens (including phenoxy) is 1. The minimum Gasteiger partial charge on any atom is -0.376 e. The Labute approximate surface area is 99.8 Å². The number of aromatic nitrogens is 2. The lowest BCUT2D eigenvalue weighted by Gasteiger charge is -2.15. The molecule has 2 rings (SSSR count). The highest BCUT2D eigenvalue weighted by Crippen LogP contribution is 2.13. The van der Waals surface area contributed by atoms with Crippen LogP contribution in [0.3, 0.4) is 0 Å². The Balaban J connectivity index is 2.03. The summed E-state index contributed by atoms with van der Waals surface area (Å²) in [7, 11) is 1.73. The second-order valence-electron chi connectivity index (χ2n) is 3.98. The molecule has 17 heavy (non-hydrogen) atoms. The molecule has 1 saturated heterocycles. The van der Waals surface area contributed by atoms with Crippen LogP contribution < -0.4 is 10.6 Å². The third-order valence-electron chi connectivity index (χ3n) is 2.82. The lowest BCUT2D eigenvalue weighted by molar-refractivity contribution is 0.0861. The predicted octanol–water partition coefficient (Wildman–Crippen LogP) is 0.425. The Morgan fingerprint density at radius 1 is 1.53 bits per heavy atom. The van der Waals surface area contributed by atoms with E-state index in [4.69, 9.17) is 4.74 Å². The highest BCUT2D eigenvalue weighted by atomic mass is 16.5. The topological polar surface area (TPSA) is 76.1 Å². The van der Waals surface area contributed by atoms with E-state index in [9.17, 15) is 4.79 Å². The Morgan fingerprint density at radius 3 is 3.00 bits per heavy atom. The van der Waals surface area contributed by atoms with Gasteiger partial charge in [-0.2, -0.15) is 0 Å². The summed E-state index contributed by atoms with van der Waals surface area (Å²) in [5.74, 6) is 0.366. The van der Waals surface area contributed by atoms with Gasteiger partial charge in [-0.3, -0.25) is 9.78 Å². The Hall–Kier alpha value is -1.69. The van der Waals surface area contributed by atoms with Crippen molar-refractivity contribution < 1.29 is 9.53 Å². The number of anilines is 1. The molecule has 0 bridgehead atoms. The maximum Gasteiger partial charge on any atom is 0.271 e. The number of nitrogens with zero attached hydrogens (tertiary/aromatic N) is 2. The van der Waals surface area contributed by atoms with Crippen molar-refractivity contribution >= 4 is 11.7 Å². The zero-order valence-corrected chi connectivity index (χ0v) is 9.93. The third-order valence-corrected chi connectivity index (χ3v) is 2.82. The van der Waals surface area contributed by atoms with Gasteiger partial charge >= 0.3 is 0 Å². The highest BCUT2D eigenvalue weighted by Gasteiger charge is 2.26. The van der Waals surface area contributed by atoms with Crippen molar-refractivity contribution in [1.29, 1.82) is 0 Å². The van der Waals surface area contributed by atoms with Crippen molar-refractivity contribution in [3.05, 3.63) is 18.1 Å². The highest BCUT2D eigenvalue weighted by molar-refractivity contribution is 5.92. The molecule has 2 N–H and O–H groups in total. The predicted molar refractivity (Wildman–Crippen MR) is 62.9 cm³/mol. The van der Waals surface area contributed by atoms with Gasteiger partial charge in [0.15, 0.2) is 0 Å². The largest absolute Gasteiger partial charge is 0.376 e. The summed E-state index contributed by atoms with van der Waals surface area (Å²) < 4.78 is 5.38. The zero-order valence-electron chi connectivity index (χ0n) is 9.93. The van der Waals surface area contributed by atoms with Gasteiger partial charge in [-0.05, 0) is 13.3 Å². The smallest absolute Gasteiger partial charge is 0.271 e. The van der Waals surface area contributed by atoms with Gasteiger partial charge in [-0.25, -0.2) is 4.98 Å². The molecule has 2 heterocycles. The van der Waals surface area contributed by atoms with Gasteiger partial charge < -0.3 is 15.4 Å². The molecule has 1 fully saturated rings. The molecule has 0 aliphatic carbocycles. The van der Waals surface area contributed by atoms with Crippen LogP contribution >= 0.6 is 0 Å². The van der Waals surface area contributed by atoms with Gasteiger partial charge in [0.1, 0.15) is 11.5 Å². The molecular formula is C11H16N4O2. The fourth-order valence-electron chi connectivity index (χ4n) is 1.76. The SMILES string of the molecule is CNc1cncc(C(=O)NC2CCOC2C)n1. The van der Waals surface area contributed by atoms with Gasteiger partial charge in [-0.15, -0.1) is 0 Å². The number of rotatable bonds is 3. The number of hydrogen-bond donors (Lipinski definition) is 2. The molecule has 2 unspecified atom stereocenters. The zero-order chi connectivity index (χ0) is 12.3. The van der Waals surface area contributed by atoms with E-state index in [0.717, 1.165) is 6.42 Å². The van der Waals surface area contributed by atoms with Crippen LogP contribution in [-0.2, 0) is 4.74 Å². The third kappa shape index (κ3) is 2.71. The molecule has 1 aliphatic rings. The average Bonchev–Trinajstić information content (AvgIpc) is 2.75. The van der Waals surface area contributed by atoms with Crippen LogP contribution in [0, 0.1) is 0 Å². The molecule has 1 aromatic rings. The van der Waals surface area contributed by atoms with Crippen LogP contribution in [0.5, 0.6) is 0 Å². The quantitative estimate of drug-likeness (QED) is 0.795. The van der Waals surface area contributed by atoms with Gasteiger partial charge in [0.05, 0.1) is 24.5 Å². The van der Waals surface area contributed by atoms with Crippen LogP contribution in [0.15, 0.2) is 12.4 Å². The molecule has 1 aromatic heterocycles. The molecule has 6 heteroatoms. The van der Waals surface area contributed by atoms with Crippen molar-refractivity contribution in [1.82, 2.24) is 15.3 Å². The second-order valence-corrected chi connectivity index (χ2v) is 3.98. The van der Waals surface area contributed by atoms with Crippen molar-refractivity contribution in [2.24, 2.45) is 0 Å². The van der Waals surface area contributed by atoms with E-state index >= 15 is 0 Å². The number of carbonyl (C=O) groups is 1. The van der Waals surface area contributed by atoms with Crippen LogP contribution in [0.4, 0.5) is 5.82 Å². The van der Waals surface area contributed by atoms with Gasteiger partial charge in [0.25, 0.3) is 5.91 Å². The molecule has 2 atom stereocenters. The molecule has 92 valence electrons. The van der Waals surface area contributed by atoms with Gasteiger partial charge in [0, 0.05) is 13.7 Å². The summed E-state index contributed by atoms with van der Waals surface area (Å²) in [6.45, 7) is 2.64. The van der Waals surface area contributed by atoms with Crippen LogP contribution in [-0.4, -0.2) is 41.7 Å². The fourth-order valence-corrected chi connectivity index (χ4v) is 1.76. The summed E-state index contributed by atoms with van der Waals surface area (Å²) in [5, 5.41) is 5.75. The van der Waals surface area contributed by atoms with Crippen molar-refractivity contribution in [2.75, 3.05) is 19.0 Å². The van der Waals surface area contributed by atoms with Crippen molar-refractivity contribution in [2.45, 2.75) is 25.5 Å². The Bertz CT molecular complexity index is 410. The van der Waals surface area contributed by atoms with E-state index in [1.807, 2.05) is 6.92 Å². The molecule has 0 aromatic carbocycles. The van der Waals surface area contributed by atoms with E-state index < -0.39 is 0 Å². The first-order valence-electron chi connectivity index (χ1n) is 5.63. The number of nitrogens with one attached hydrogen (secondary N) is 2. The van der Waals surface area contributed by atoms with E-state index in [1.165, 1.54) is 6.20 Å². The number of carbonyl (C=O) groups excluding carboxylic acids is 1. The van der Waals surface area contributed by atoms with Crippen LogP contribution in [0.25, 0.3) is 0 Å². The van der Waals surface area contributed by atoms with Crippen LogP contribution in [0.1, 0.15) is 23.8 Å². The molecule has 6 nitrogen and oxygen atoms in total. The maximum absolute atomic E-state index is 11.9. The Kier molecular flexibility index (Phi) is 3.53. The van der Waals surface area contributed by atoms with E-state index in [-0.39, 0.29) is 18.1 Å². The molecule has 0 spiro atoms. The van der Waals surface area contributed by atoms with E-state index in [0.29, 0.717) is 18.1 Å². The van der Waals surface area contributed by atoms with Crippen molar-refractivity contribution in [3.8, 4) is 0 Å². The Morgan fingerprint density at radius 2 is 2.35 bits per heavy atom. The molecule has 1 amide bonds. The lowest BCUT2D eigenvalue weighted by atomic mass is 10.1. The summed E-state index contributed by atoms with van der Waals surface area (Å²) in [6, 6.07) is 0.0579. The lowest BCUT2D eigenvalue weighted by Crippen LogP contribution is -2.39. The average molecular weight is 236 g/mol. The summed E-state index contributed by atoms with van der Waals surface area (Å²) >= 11 is 0. The van der Waals surface area contributed by atoms with E-state index in [2.05, 4.69) is 20.6 Å². The molecule has 0 saturated carbocycles. The first-order chi connectivity index (χ1) is 8.20. The number of hydrogen-bond acceptors (Lipinski definition) is 5. The van der Waals surface area contributed by atoms with E-state index in [1.54, 1.807) is 13.2 Å². The molecular weight excluding hydrogens is 220 g/mol. The normalized spacial score (nSPS) is 23.4. The van der Waals surface area contributed by atoms with Crippen LogP contribution in [0.2, 0.25) is 0 Å². The number of amides is 1. The van der Waals surface area contributed by atoms with Crippen molar-refractivity contribution in [3.63, 3.8) is 0 Å². The molecule has 1 aliphatic heterocycles. The summed E-state index contributed by atoms with van der Waals surface area (Å²) in [5.41, 5.74) is 0.316. The minimum atomic E-state index is -0.211. The fraction of sp³-hybridized carbons (Fsp3) is 0.545.